The van der Waals surface area contributed by atoms with E-state index in [0.29, 0.717) is 23.1 Å². The van der Waals surface area contributed by atoms with Crippen molar-refractivity contribution in [3.8, 4) is 0 Å². The Morgan fingerprint density at radius 3 is 2.59 bits per heavy atom. The van der Waals surface area contributed by atoms with Crippen LogP contribution < -0.4 is 5.32 Å². The third-order valence-electron chi connectivity index (χ3n) is 5.29. The molecule has 0 radical (unpaired) electrons. The van der Waals surface area contributed by atoms with Crippen LogP contribution in [-0.2, 0) is 17.8 Å². The molecule has 1 N–H and O–H groups in total. The van der Waals surface area contributed by atoms with Gasteiger partial charge in [0, 0.05) is 25.4 Å². The maximum Gasteiger partial charge on any atom is 0.223 e. The first-order valence-electron chi connectivity index (χ1n) is 10.2. The van der Waals surface area contributed by atoms with Crippen molar-refractivity contribution < 1.29 is 4.79 Å². The first-order chi connectivity index (χ1) is 14.0. The van der Waals surface area contributed by atoms with Crippen LogP contribution in [0.15, 0.2) is 42.5 Å². The van der Waals surface area contributed by atoms with Crippen LogP contribution in [0.4, 0.5) is 0 Å². The maximum atomic E-state index is 12.2. The molecule has 0 unspecified atom stereocenters. The number of halogens is 2. The number of carbonyl (C=O) groups excluding carboxylic acids is 1. The second-order valence-electron chi connectivity index (χ2n) is 7.26. The minimum Gasteiger partial charge on any atom is -0.356 e. The van der Waals surface area contributed by atoms with Gasteiger partial charge < -0.3 is 9.88 Å². The third kappa shape index (κ3) is 5.31. The molecule has 0 aliphatic rings. The number of nitrogens with zero attached hydrogens (tertiary/aromatic N) is 2. The zero-order valence-corrected chi connectivity index (χ0v) is 18.4. The number of amides is 1. The number of fused-ring (bicyclic) bond motifs is 1. The average molecular weight is 432 g/mol. The van der Waals surface area contributed by atoms with E-state index in [1.807, 2.05) is 36.4 Å². The van der Waals surface area contributed by atoms with Gasteiger partial charge in [-0.15, -0.1) is 0 Å². The molecular formula is C23H27Cl2N3O. The van der Waals surface area contributed by atoms with Gasteiger partial charge in [-0.05, 0) is 49.1 Å². The fraction of sp³-hybridized carbons (Fsp3) is 0.391. The van der Waals surface area contributed by atoms with Crippen LogP contribution in [0.3, 0.4) is 0 Å². The molecule has 0 spiro atoms. The molecule has 6 heteroatoms. The summed E-state index contributed by atoms with van der Waals surface area (Å²) in [5.41, 5.74) is 3.14. The summed E-state index contributed by atoms with van der Waals surface area (Å²) in [5.74, 6) is 1.27. The normalized spacial score (nSPS) is 11.3. The Hall–Kier alpha value is -2.04. The van der Waals surface area contributed by atoms with E-state index in [0.717, 1.165) is 48.1 Å². The molecule has 0 fully saturated rings. The Kier molecular flexibility index (Phi) is 7.57. The summed E-state index contributed by atoms with van der Waals surface area (Å²) in [7, 11) is 0. The Morgan fingerprint density at radius 2 is 1.86 bits per heavy atom. The average Bonchev–Trinajstić information content (AvgIpc) is 3.06. The molecule has 1 heterocycles. The van der Waals surface area contributed by atoms with Crippen molar-refractivity contribution >= 4 is 40.1 Å². The summed E-state index contributed by atoms with van der Waals surface area (Å²) in [5, 5.41) is 4.17. The second kappa shape index (κ2) is 10.1. The van der Waals surface area contributed by atoms with Gasteiger partial charge in [-0.3, -0.25) is 4.79 Å². The summed E-state index contributed by atoms with van der Waals surface area (Å²) >= 11 is 12.3. The highest BCUT2D eigenvalue weighted by molar-refractivity contribution is 6.42. The number of rotatable bonds is 9. The van der Waals surface area contributed by atoms with Crippen molar-refractivity contribution in [3.05, 3.63) is 63.9 Å². The van der Waals surface area contributed by atoms with Crippen molar-refractivity contribution in [3.63, 3.8) is 0 Å². The molecule has 1 aromatic heterocycles. The minimum atomic E-state index is 0.106. The summed E-state index contributed by atoms with van der Waals surface area (Å²) in [6.07, 6.45) is 3.39. The number of benzene rings is 2. The molecule has 0 aliphatic heterocycles. The highest BCUT2D eigenvalue weighted by atomic mass is 35.5. The number of para-hydroxylation sites is 2. The number of nitrogens with one attached hydrogen (secondary N) is 1. The molecule has 0 atom stereocenters. The molecule has 0 bridgehead atoms. The van der Waals surface area contributed by atoms with Crippen LogP contribution in [0, 0.1) is 5.92 Å². The lowest BCUT2D eigenvalue weighted by atomic mass is 10.0. The minimum absolute atomic E-state index is 0.106. The van der Waals surface area contributed by atoms with Gasteiger partial charge in [-0.1, -0.05) is 55.2 Å². The van der Waals surface area contributed by atoms with E-state index in [2.05, 4.69) is 29.8 Å². The van der Waals surface area contributed by atoms with E-state index >= 15 is 0 Å². The number of aryl methyl sites for hydroxylation is 1. The van der Waals surface area contributed by atoms with Gasteiger partial charge in [0.25, 0.3) is 0 Å². The largest absolute Gasteiger partial charge is 0.356 e. The predicted molar refractivity (Wildman–Crippen MR) is 121 cm³/mol. The Balaban J connectivity index is 1.73. The first-order valence-corrected chi connectivity index (χ1v) is 10.9. The van der Waals surface area contributed by atoms with Crippen LogP contribution >= 0.6 is 23.2 Å². The Labute approximate surface area is 182 Å². The molecule has 3 rings (SSSR count). The van der Waals surface area contributed by atoms with Crippen LogP contribution in [0.1, 0.15) is 44.5 Å². The van der Waals surface area contributed by atoms with Gasteiger partial charge in [0.1, 0.15) is 5.82 Å². The first kappa shape index (κ1) is 21.7. The number of aromatic nitrogens is 2. The maximum absolute atomic E-state index is 12.2. The van der Waals surface area contributed by atoms with E-state index in [4.69, 9.17) is 28.2 Å². The quantitative estimate of drug-likeness (QED) is 0.430. The van der Waals surface area contributed by atoms with Gasteiger partial charge in [0.05, 0.1) is 21.1 Å². The molecule has 1 amide bonds. The SMILES string of the molecule is CCC(CC)C(=O)NCCCc1nc2ccccc2n1Cc1ccc(Cl)c(Cl)c1. The molecule has 3 aromatic rings. The standard InChI is InChI=1S/C23H27Cl2N3O/c1-3-17(4-2)23(29)26-13-7-10-22-27-20-8-5-6-9-21(20)28(22)15-16-11-12-18(24)19(25)14-16/h5-6,8-9,11-12,14,17H,3-4,7,10,13,15H2,1-2H3,(H,26,29). The predicted octanol–water partition coefficient (Wildman–Crippen LogP) is 5.88. The number of imidazole rings is 1. The number of hydrogen-bond acceptors (Lipinski definition) is 2. The lowest BCUT2D eigenvalue weighted by Gasteiger charge is -2.13. The van der Waals surface area contributed by atoms with E-state index < -0.39 is 0 Å². The second-order valence-corrected chi connectivity index (χ2v) is 8.07. The molecule has 29 heavy (non-hydrogen) atoms. The number of hydrogen-bond donors (Lipinski definition) is 1. The smallest absolute Gasteiger partial charge is 0.223 e. The third-order valence-corrected chi connectivity index (χ3v) is 6.03. The van der Waals surface area contributed by atoms with E-state index in [1.165, 1.54) is 0 Å². The highest BCUT2D eigenvalue weighted by Gasteiger charge is 2.14. The van der Waals surface area contributed by atoms with Crippen LogP contribution in [0.5, 0.6) is 0 Å². The molecule has 4 nitrogen and oxygen atoms in total. The topological polar surface area (TPSA) is 46.9 Å². The lowest BCUT2D eigenvalue weighted by Crippen LogP contribution is -2.31. The van der Waals surface area contributed by atoms with Crippen molar-refractivity contribution in [1.82, 2.24) is 14.9 Å². The van der Waals surface area contributed by atoms with Crippen molar-refractivity contribution in [2.75, 3.05) is 6.54 Å². The molecular weight excluding hydrogens is 405 g/mol. The molecule has 0 saturated heterocycles. The monoisotopic (exact) mass is 431 g/mol. The summed E-state index contributed by atoms with van der Waals surface area (Å²) in [6, 6.07) is 13.8. The van der Waals surface area contributed by atoms with Crippen molar-refractivity contribution in [2.24, 2.45) is 5.92 Å². The van der Waals surface area contributed by atoms with Gasteiger partial charge in [0.15, 0.2) is 0 Å². The van der Waals surface area contributed by atoms with Gasteiger partial charge >= 0.3 is 0 Å². The molecule has 0 saturated carbocycles. The summed E-state index contributed by atoms with van der Waals surface area (Å²) < 4.78 is 2.22. The zero-order valence-electron chi connectivity index (χ0n) is 16.9. The fourth-order valence-electron chi connectivity index (χ4n) is 3.58. The van der Waals surface area contributed by atoms with Crippen LogP contribution in [-0.4, -0.2) is 22.0 Å². The van der Waals surface area contributed by atoms with Gasteiger partial charge in [-0.25, -0.2) is 4.98 Å². The zero-order chi connectivity index (χ0) is 20.8. The Bertz CT molecular complexity index is 979. The van der Waals surface area contributed by atoms with Crippen LogP contribution in [0.2, 0.25) is 10.0 Å². The molecule has 0 aliphatic carbocycles. The van der Waals surface area contributed by atoms with Crippen LogP contribution in [0.25, 0.3) is 11.0 Å². The lowest BCUT2D eigenvalue weighted by molar-refractivity contribution is -0.125. The van der Waals surface area contributed by atoms with Crippen molar-refractivity contribution in [1.29, 1.82) is 0 Å². The number of carbonyl (C=O) groups is 1. The Morgan fingerprint density at radius 1 is 1.10 bits per heavy atom. The fourth-order valence-corrected chi connectivity index (χ4v) is 3.90. The summed E-state index contributed by atoms with van der Waals surface area (Å²) in [4.78, 5) is 17.0. The van der Waals surface area contributed by atoms with Gasteiger partial charge in [-0.2, -0.15) is 0 Å². The highest BCUT2D eigenvalue weighted by Crippen LogP contribution is 2.25. The van der Waals surface area contributed by atoms with E-state index in [9.17, 15) is 4.79 Å². The molecule has 154 valence electrons. The molecule has 2 aromatic carbocycles. The van der Waals surface area contributed by atoms with Gasteiger partial charge in [0.2, 0.25) is 5.91 Å². The van der Waals surface area contributed by atoms with E-state index in [-0.39, 0.29) is 11.8 Å². The summed E-state index contributed by atoms with van der Waals surface area (Å²) in [6.45, 7) is 5.44. The van der Waals surface area contributed by atoms with Crippen molar-refractivity contribution in [2.45, 2.75) is 46.1 Å². The van der Waals surface area contributed by atoms with E-state index in [1.54, 1.807) is 0 Å².